The average Bonchev–Trinajstić information content (AvgIpc) is 2.46. The summed E-state index contributed by atoms with van der Waals surface area (Å²) in [5, 5.41) is 5.76. The van der Waals surface area contributed by atoms with Crippen molar-refractivity contribution in [3.8, 4) is 5.75 Å². The Balaban J connectivity index is 1.91. The fraction of sp³-hybridized carbons (Fsp3) is 0.133. The summed E-state index contributed by atoms with van der Waals surface area (Å²) in [5.41, 5.74) is 5.34. The SMILES string of the molecule is Clc1cc(Cl)c(N/N=C2/CCOc3ccccc32)c(Cl)c1. The van der Waals surface area contributed by atoms with Crippen molar-refractivity contribution in [1.82, 2.24) is 0 Å². The zero-order valence-electron chi connectivity index (χ0n) is 10.9. The first-order valence-corrected chi connectivity index (χ1v) is 7.48. The molecule has 6 heteroatoms. The minimum Gasteiger partial charge on any atom is -0.492 e. The highest BCUT2D eigenvalue weighted by Crippen LogP contribution is 2.34. The van der Waals surface area contributed by atoms with E-state index in [1.165, 1.54) is 0 Å². The van der Waals surface area contributed by atoms with E-state index in [0.717, 1.165) is 17.0 Å². The van der Waals surface area contributed by atoms with Crippen LogP contribution >= 0.6 is 34.8 Å². The molecule has 0 fully saturated rings. The van der Waals surface area contributed by atoms with Crippen molar-refractivity contribution in [1.29, 1.82) is 0 Å². The van der Waals surface area contributed by atoms with Gasteiger partial charge in [0.1, 0.15) is 5.75 Å². The van der Waals surface area contributed by atoms with Crippen molar-refractivity contribution in [2.24, 2.45) is 5.10 Å². The molecule has 0 aliphatic carbocycles. The van der Waals surface area contributed by atoms with Crippen LogP contribution in [0.2, 0.25) is 15.1 Å². The third-order valence-corrected chi connectivity index (χ3v) is 3.92. The van der Waals surface area contributed by atoms with Gasteiger partial charge in [-0.15, -0.1) is 0 Å². The summed E-state index contributed by atoms with van der Waals surface area (Å²) < 4.78 is 5.59. The van der Waals surface area contributed by atoms with Crippen molar-refractivity contribution < 1.29 is 4.74 Å². The molecule has 3 nitrogen and oxygen atoms in total. The number of hydrazone groups is 1. The summed E-state index contributed by atoms with van der Waals surface area (Å²) in [5.74, 6) is 0.831. The maximum atomic E-state index is 6.13. The molecule has 0 bridgehead atoms. The van der Waals surface area contributed by atoms with Crippen molar-refractivity contribution >= 4 is 46.2 Å². The molecule has 0 unspecified atom stereocenters. The molecule has 21 heavy (non-hydrogen) atoms. The Kier molecular flexibility index (Phi) is 4.24. The molecular weight excluding hydrogens is 331 g/mol. The molecule has 0 atom stereocenters. The highest BCUT2D eigenvalue weighted by atomic mass is 35.5. The Bertz CT molecular complexity index is 693. The second kappa shape index (κ2) is 6.14. The molecule has 0 spiro atoms. The Morgan fingerprint density at radius 2 is 1.76 bits per heavy atom. The number of hydrogen-bond acceptors (Lipinski definition) is 3. The summed E-state index contributed by atoms with van der Waals surface area (Å²) in [7, 11) is 0. The number of anilines is 1. The summed E-state index contributed by atoms with van der Waals surface area (Å²) >= 11 is 18.1. The Labute approximate surface area is 137 Å². The number of para-hydroxylation sites is 1. The minimum absolute atomic E-state index is 0.428. The molecule has 1 aliphatic rings. The van der Waals surface area contributed by atoms with Gasteiger partial charge in [-0.3, -0.25) is 5.43 Å². The van der Waals surface area contributed by atoms with Crippen molar-refractivity contribution in [3.05, 3.63) is 57.0 Å². The second-order valence-corrected chi connectivity index (χ2v) is 5.76. The molecule has 1 aliphatic heterocycles. The van der Waals surface area contributed by atoms with Crippen molar-refractivity contribution in [2.45, 2.75) is 6.42 Å². The van der Waals surface area contributed by atoms with Crippen LogP contribution < -0.4 is 10.2 Å². The quantitative estimate of drug-likeness (QED) is 0.757. The molecule has 0 radical (unpaired) electrons. The van der Waals surface area contributed by atoms with E-state index in [9.17, 15) is 0 Å². The predicted molar refractivity (Wildman–Crippen MR) is 88.2 cm³/mol. The predicted octanol–water partition coefficient (Wildman–Crippen LogP) is 5.25. The van der Waals surface area contributed by atoms with Crippen molar-refractivity contribution in [3.63, 3.8) is 0 Å². The van der Waals surface area contributed by atoms with E-state index in [0.29, 0.717) is 33.8 Å². The van der Waals surface area contributed by atoms with Crippen LogP contribution in [-0.4, -0.2) is 12.3 Å². The largest absolute Gasteiger partial charge is 0.492 e. The smallest absolute Gasteiger partial charge is 0.128 e. The number of nitrogens with one attached hydrogen (secondary N) is 1. The van der Waals surface area contributed by atoms with Gasteiger partial charge in [-0.25, -0.2) is 0 Å². The number of ether oxygens (including phenoxy) is 1. The lowest BCUT2D eigenvalue weighted by Crippen LogP contribution is -2.17. The van der Waals surface area contributed by atoms with Gasteiger partial charge in [-0.2, -0.15) is 5.10 Å². The van der Waals surface area contributed by atoms with E-state index in [4.69, 9.17) is 39.5 Å². The number of nitrogens with zero attached hydrogens (tertiary/aromatic N) is 1. The van der Waals surface area contributed by atoms with Crippen LogP contribution in [-0.2, 0) is 0 Å². The van der Waals surface area contributed by atoms with E-state index in [1.54, 1.807) is 12.1 Å². The standard InChI is InChI=1S/C15H11Cl3N2O/c16-9-7-11(17)15(12(18)8-9)20-19-13-5-6-21-14-4-2-1-3-10(13)14/h1-4,7-8,20H,5-6H2/b19-13-. The summed E-state index contributed by atoms with van der Waals surface area (Å²) in [6.07, 6.45) is 0.715. The molecule has 1 N–H and O–H groups in total. The molecule has 0 saturated heterocycles. The van der Waals surface area contributed by atoms with Crippen LogP contribution in [0.3, 0.4) is 0 Å². The van der Waals surface area contributed by atoms with E-state index < -0.39 is 0 Å². The van der Waals surface area contributed by atoms with E-state index in [1.807, 2.05) is 24.3 Å². The van der Waals surface area contributed by atoms with Gasteiger partial charge in [-0.1, -0.05) is 46.9 Å². The first-order valence-electron chi connectivity index (χ1n) is 6.34. The van der Waals surface area contributed by atoms with Crippen LogP contribution in [0.4, 0.5) is 5.69 Å². The van der Waals surface area contributed by atoms with Crippen LogP contribution in [0.15, 0.2) is 41.5 Å². The van der Waals surface area contributed by atoms with Crippen LogP contribution in [0.1, 0.15) is 12.0 Å². The van der Waals surface area contributed by atoms with Gasteiger partial charge in [0, 0.05) is 17.0 Å². The van der Waals surface area contributed by atoms with Gasteiger partial charge in [0.15, 0.2) is 0 Å². The van der Waals surface area contributed by atoms with Gasteiger partial charge < -0.3 is 4.74 Å². The molecule has 2 aromatic rings. The van der Waals surface area contributed by atoms with Gasteiger partial charge >= 0.3 is 0 Å². The topological polar surface area (TPSA) is 33.6 Å². The molecular formula is C15H11Cl3N2O. The van der Waals surface area contributed by atoms with E-state index in [-0.39, 0.29) is 0 Å². The minimum atomic E-state index is 0.428. The first kappa shape index (κ1) is 14.5. The third-order valence-electron chi connectivity index (χ3n) is 3.10. The molecule has 1 heterocycles. The summed E-state index contributed by atoms with van der Waals surface area (Å²) in [6.45, 7) is 0.597. The zero-order chi connectivity index (χ0) is 14.8. The first-order chi connectivity index (χ1) is 10.1. The normalized spacial score (nSPS) is 15.5. The van der Waals surface area contributed by atoms with Gasteiger partial charge in [-0.05, 0) is 24.3 Å². The number of hydrogen-bond donors (Lipinski definition) is 1. The van der Waals surface area contributed by atoms with Crippen LogP contribution in [0, 0.1) is 0 Å². The molecule has 0 saturated carbocycles. The third kappa shape index (κ3) is 3.10. The molecule has 2 aromatic carbocycles. The van der Waals surface area contributed by atoms with Crippen molar-refractivity contribution in [2.75, 3.05) is 12.0 Å². The molecule has 3 rings (SSSR count). The fourth-order valence-corrected chi connectivity index (χ4v) is 3.01. The van der Waals surface area contributed by atoms with E-state index >= 15 is 0 Å². The van der Waals surface area contributed by atoms with Gasteiger partial charge in [0.25, 0.3) is 0 Å². The lowest BCUT2D eigenvalue weighted by Gasteiger charge is -2.19. The lowest BCUT2D eigenvalue weighted by molar-refractivity contribution is 0.320. The highest BCUT2D eigenvalue weighted by Gasteiger charge is 2.16. The van der Waals surface area contributed by atoms with Gasteiger partial charge in [0.05, 0.1) is 28.1 Å². The fourth-order valence-electron chi connectivity index (χ4n) is 2.11. The summed E-state index contributed by atoms with van der Waals surface area (Å²) in [6, 6.07) is 11.0. The number of benzene rings is 2. The zero-order valence-corrected chi connectivity index (χ0v) is 13.1. The Morgan fingerprint density at radius 3 is 2.52 bits per heavy atom. The number of halogens is 3. The number of rotatable bonds is 2. The lowest BCUT2D eigenvalue weighted by atomic mass is 10.0. The van der Waals surface area contributed by atoms with E-state index in [2.05, 4.69) is 10.5 Å². The monoisotopic (exact) mass is 340 g/mol. The Hall–Kier alpha value is -1.42. The summed E-state index contributed by atoms with van der Waals surface area (Å²) in [4.78, 5) is 0. The van der Waals surface area contributed by atoms with Crippen LogP contribution in [0.5, 0.6) is 5.75 Å². The number of fused-ring (bicyclic) bond motifs is 1. The Morgan fingerprint density at radius 1 is 1.05 bits per heavy atom. The maximum absolute atomic E-state index is 6.13. The second-order valence-electron chi connectivity index (χ2n) is 4.51. The molecule has 0 amide bonds. The highest BCUT2D eigenvalue weighted by molar-refractivity contribution is 6.41. The molecule has 0 aromatic heterocycles. The maximum Gasteiger partial charge on any atom is 0.128 e. The van der Waals surface area contributed by atoms with Crippen LogP contribution in [0.25, 0.3) is 0 Å². The van der Waals surface area contributed by atoms with Gasteiger partial charge in [0.2, 0.25) is 0 Å². The average molecular weight is 342 g/mol. The molecule has 108 valence electrons.